The average molecular weight is 340 g/mol. The summed E-state index contributed by atoms with van der Waals surface area (Å²) in [6.07, 6.45) is 7.00. The maximum absolute atomic E-state index is 13.5. The van der Waals surface area contributed by atoms with Gasteiger partial charge in [0.05, 0.1) is 17.7 Å². The molecular weight excluding hydrogens is 316 g/mol. The van der Waals surface area contributed by atoms with Crippen LogP contribution in [0, 0.1) is 0 Å². The Labute approximate surface area is 147 Å². The molecule has 0 spiro atoms. The molecule has 0 atom stereocenters. The molecule has 3 heterocycles. The Morgan fingerprint density at radius 3 is 2.48 bits per heavy atom. The number of piperidine rings is 1. The third-order valence-corrected chi connectivity index (χ3v) is 5.65. The van der Waals surface area contributed by atoms with Crippen molar-refractivity contribution in [3.05, 3.63) is 48.3 Å². The number of benzene rings is 1. The molecule has 6 nitrogen and oxygen atoms in total. The number of rotatable bonds is 3. The first-order chi connectivity index (χ1) is 12.3. The molecule has 0 saturated carbocycles. The average Bonchev–Trinajstić information content (AvgIpc) is 3.24. The minimum atomic E-state index is -0.431. The number of nitrogens with zero attached hydrogens (tertiary/aromatic N) is 4. The van der Waals surface area contributed by atoms with E-state index in [4.69, 9.17) is 4.74 Å². The van der Waals surface area contributed by atoms with Gasteiger partial charge < -0.3 is 9.64 Å². The Kier molecular flexibility index (Phi) is 4.53. The first-order valence-corrected chi connectivity index (χ1v) is 9.08. The second kappa shape index (κ2) is 6.96. The van der Waals surface area contributed by atoms with Crippen molar-refractivity contribution in [3.8, 4) is 0 Å². The lowest BCUT2D eigenvalue weighted by Gasteiger charge is -2.42. The normalized spacial score (nSPS) is 21.2. The predicted molar refractivity (Wildman–Crippen MR) is 93.0 cm³/mol. The second-order valence-corrected chi connectivity index (χ2v) is 6.97. The van der Waals surface area contributed by atoms with Gasteiger partial charge in [-0.25, -0.2) is 4.68 Å². The van der Waals surface area contributed by atoms with Crippen LogP contribution in [-0.4, -0.2) is 52.1 Å². The molecule has 1 amide bonds. The summed E-state index contributed by atoms with van der Waals surface area (Å²) in [6, 6.07) is 10.6. The summed E-state index contributed by atoms with van der Waals surface area (Å²) in [5, 5.41) is 8.00. The number of amides is 1. The topological polar surface area (TPSA) is 60.2 Å². The second-order valence-electron chi connectivity index (χ2n) is 6.97. The van der Waals surface area contributed by atoms with Crippen molar-refractivity contribution in [1.82, 2.24) is 19.9 Å². The van der Waals surface area contributed by atoms with E-state index in [9.17, 15) is 4.79 Å². The Bertz CT molecular complexity index is 687. The molecule has 2 aliphatic rings. The quantitative estimate of drug-likeness (QED) is 0.859. The fourth-order valence-electron chi connectivity index (χ4n) is 4.15. The van der Waals surface area contributed by atoms with E-state index >= 15 is 0 Å². The summed E-state index contributed by atoms with van der Waals surface area (Å²) in [5.74, 6) is 0.263. The number of carbonyl (C=O) groups is 1. The first kappa shape index (κ1) is 16.3. The molecule has 132 valence electrons. The van der Waals surface area contributed by atoms with E-state index in [0.717, 1.165) is 44.3 Å². The van der Waals surface area contributed by atoms with Gasteiger partial charge in [0.1, 0.15) is 0 Å². The molecule has 0 radical (unpaired) electrons. The van der Waals surface area contributed by atoms with Gasteiger partial charge in [-0.3, -0.25) is 4.79 Å². The third kappa shape index (κ3) is 3.06. The van der Waals surface area contributed by atoms with Crippen molar-refractivity contribution < 1.29 is 9.53 Å². The van der Waals surface area contributed by atoms with Crippen LogP contribution in [0.2, 0.25) is 0 Å². The van der Waals surface area contributed by atoms with Gasteiger partial charge in [0.15, 0.2) is 0 Å². The van der Waals surface area contributed by atoms with Gasteiger partial charge in [-0.1, -0.05) is 35.5 Å². The molecule has 0 unspecified atom stereocenters. The van der Waals surface area contributed by atoms with Crippen LogP contribution in [0.4, 0.5) is 0 Å². The summed E-state index contributed by atoms with van der Waals surface area (Å²) in [7, 11) is 0. The van der Waals surface area contributed by atoms with Crippen LogP contribution in [0.3, 0.4) is 0 Å². The molecule has 4 rings (SSSR count). The summed E-state index contributed by atoms with van der Waals surface area (Å²) in [5.41, 5.74) is 0.696. The molecule has 6 heteroatoms. The first-order valence-electron chi connectivity index (χ1n) is 9.08. The number of ether oxygens (including phenoxy) is 1. The number of likely N-dealkylation sites (tertiary alicyclic amines) is 1. The van der Waals surface area contributed by atoms with Gasteiger partial charge in [-0.15, -0.1) is 5.10 Å². The van der Waals surface area contributed by atoms with Gasteiger partial charge in [0, 0.05) is 32.5 Å². The molecule has 2 saturated heterocycles. The van der Waals surface area contributed by atoms with Crippen molar-refractivity contribution in [2.75, 3.05) is 26.3 Å². The minimum absolute atomic E-state index is 0.263. The fraction of sp³-hybridized carbons (Fsp3) is 0.526. The van der Waals surface area contributed by atoms with Crippen molar-refractivity contribution >= 4 is 5.91 Å². The van der Waals surface area contributed by atoms with Crippen molar-refractivity contribution in [2.24, 2.45) is 0 Å². The Morgan fingerprint density at radius 2 is 1.84 bits per heavy atom. The molecule has 1 aromatic heterocycles. The summed E-state index contributed by atoms with van der Waals surface area (Å²) in [4.78, 5) is 15.6. The van der Waals surface area contributed by atoms with E-state index < -0.39 is 5.41 Å². The van der Waals surface area contributed by atoms with Gasteiger partial charge in [-0.2, -0.15) is 0 Å². The highest BCUT2D eigenvalue weighted by Crippen LogP contribution is 2.38. The van der Waals surface area contributed by atoms with E-state index in [1.807, 2.05) is 34.0 Å². The van der Waals surface area contributed by atoms with Gasteiger partial charge in [0.2, 0.25) is 5.91 Å². The lowest BCUT2D eigenvalue weighted by molar-refractivity contribution is -0.142. The van der Waals surface area contributed by atoms with E-state index in [0.29, 0.717) is 19.3 Å². The number of hydrogen-bond acceptors (Lipinski definition) is 4. The van der Waals surface area contributed by atoms with E-state index in [2.05, 4.69) is 22.4 Å². The summed E-state index contributed by atoms with van der Waals surface area (Å²) >= 11 is 0. The van der Waals surface area contributed by atoms with E-state index in [1.165, 1.54) is 0 Å². The summed E-state index contributed by atoms with van der Waals surface area (Å²) in [6.45, 7) is 2.85. The maximum atomic E-state index is 13.5. The Hall–Kier alpha value is -2.21. The van der Waals surface area contributed by atoms with Crippen LogP contribution in [-0.2, 0) is 14.9 Å². The van der Waals surface area contributed by atoms with Gasteiger partial charge in [-0.05, 0) is 31.2 Å². The standard InChI is InChI=1S/C19H24N4O2/c24-18(22-11-6-17(7-12-22)23-13-10-20-21-23)19(8-14-25-15-9-19)16-4-2-1-3-5-16/h1-5,10,13,17H,6-9,11-12,14-15H2. The zero-order chi connectivity index (χ0) is 17.1. The Morgan fingerprint density at radius 1 is 1.12 bits per heavy atom. The zero-order valence-corrected chi connectivity index (χ0v) is 14.4. The number of aromatic nitrogens is 3. The number of carbonyl (C=O) groups excluding carboxylic acids is 1. The minimum Gasteiger partial charge on any atom is -0.381 e. The van der Waals surface area contributed by atoms with Crippen LogP contribution in [0.25, 0.3) is 0 Å². The maximum Gasteiger partial charge on any atom is 0.233 e. The molecule has 2 aliphatic heterocycles. The molecule has 2 fully saturated rings. The lowest BCUT2D eigenvalue weighted by Crippen LogP contribution is -2.52. The Balaban J connectivity index is 1.52. The molecular formula is C19H24N4O2. The van der Waals surface area contributed by atoms with Crippen LogP contribution in [0.1, 0.15) is 37.3 Å². The highest BCUT2D eigenvalue weighted by molar-refractivity contribution is 5.88. The molecule has 0 N–H and O–H groups in total. The highest BCUT2D eigenvalue weighted by Gasteiger charge is 2.44. The predicted octanol–water partition coefficient (Wildman–Crippen LogP) is 2.19. The molecule has 1 aromatic carbocycles. The third-order valence-electron chi connectivity index (χ3n) is 5.65. The van der Waals surface area contributed by atoms with Crippen molar-refractivity contribution in [2.45, 2.75) is 37.1 Å². The molecule has 0 bridgehead atoms. The van der Waals surface area contributed by atoms with E-state index in [-0.39, 0.29) is 5.91 Å². The molecule has 0 aliphatic carbocycles. The fourth-order valence-corrected chi connectivity index (χ4v) is 4.15. The molecule has 2 aromatic rings. The summed E-state index contributed by atoms with van der Waals surface area (Å²) < 4.78 is 7.48. The van der Waals surface area contributed by atoms with Crippen LogP contribution in [0.5, 0.6) is 0 Å². The highest BCUT2D eigenvalue weighted by atomic mass is 16.5. The van der Waals surface area contributed by atoms with E-state index in [1.54, 1.807) is 6.20 Å². The monoisotopic (exact) mass is 340 g/mol. The SMILES string of the molecule is O=C(N1CCC(n2ccnn2)CC1)C1(c2ccccc2)CCOCC1. The van der Waals surface area contributed by atoms with Crippen LogP contribution in [0.15, 0.2) is 42.7 Å². The van der Waals surface area contributed by atoms with Crippen LogP contribution < -0.4 is 0 Å². The van der Waals surface area contributed by atoms with Crippen molar-refractivity contribution in [3.63, 3.8) is 0 Å². The zero-order valence-electron chi connectivity index (χ0n) is 14.4. The van der Waals surface area contributed by atoms with Gasteiger partial charge in [0.25, 0.3) is 0 Å². The largest absolute Gasteiger partial charge is 0.381 e. The molecule has 25 heavy (non-hydrogen) atoms. The number of hydrogen-bond donors (Lipinski definition) is 0. The van der Waals surface area contributed by atoms with Crippen LogP contribution >= 0.6 is 0 Å². The van der Waals surface area contributed by atoms with Crippen molar-refractivity contribution in [1.29, 1.82) is 0 Å². The van der Waals surface area contributed by atoms with Gasteiger partial charge >= 0.3 is 0 Å². The lowest BCUT2D eigenvalue weighted by atomic mass is 9.72. The smallest absolute Gasteiger partial charge is 0.233 e.